The predicted octanol–water partition coefficient (Wildman–Crippen LogP) is 3.93. The second-order valence-corrected chi connectivity index (χ2v) is 6.34. The zero-order valence-electron chi connectivity index (χ0n) is 15.9. The second-order valence-electron chi connectivity index (χ2n) is 6.34. The van der Waals surface area contributed by atoms with Crippen molar-refractivity contribution in [3.8, 4) is 5.75 Å². The first-order valence-electron chi connectivity index (χ1n) is 8.81. The number of Topliss-reactive ketones (excluding diaryl/α,β-unsaturated/α-hetero) is 1. The van der Waals surface area contributed by atoms with Gasteiger partial charge in [-0.2, -0.15) is 0 Å². The fourth-order valence-corrected chi connectivity index (χ4v) is 3.09. The molecule has 6 nitrogen and oxygen atoms in total. The maximum atomic E-state index is 12.7. The molecule has 1 aromatic carbocycles. The van der Waals surface area contributed by atoms with Crippen LogP contribution in [0, 0.1) is 20.8 Å². The number of H-pyrrole nitrogens is 1. The molecule has 0 aliphatic carbocycles. The van der Waals surface area contributed by atoms with Gasteiger partial charge in [0.1, 0.15) is 11.3 Å². The first kappa shape index (κ1) is 18.6. The number of benzene rings is 1. The number of aromatic amines is 1. The van der Waals surface area contributed by atoms with Crippen molar-refractivity contribution in [1.29, 1.82) is 0 Å². The molecule has 0 fully saturated rings. The molecule has 2 heterocycles. The van der Waals surface area contributed by atoms with Crippen LogP contribution >= 0.6 is 0 Å². The Kier molecular flexibility index (Phi) is 5.26. The zero-order chi connectivity index (χ0) is 19.6. The van der Waals surface area contributed by atoms with Gasteiger partial charge in [-0.1, -0.05) is 18.2 Å². The molecule has 140 valence electrons. The summed E-state index contributed by atoms with van der Waals surface area (Å²) in [4.78, 5) is 32.2. The molecule has 1 N–H and O–H groups in total. The van der Waals surface area contributed by atoms with Crippen molar-refractivity contribution in [3.63, 3.8) is 0 Å². The van der Waals surface area contributed by atoms with Crippen LogP contribution in [0.2, 0.25) is 0 Å². The summed E-state index contributed by atoms with van der Waals surface area (Å²) in [5.41, 5.74) is 3.54. The number of nitrogens with one attached hydrogen (secondary N) is 1. The number of aromatic nitrogens is 2. The Balaban J connectivity index is 1.82. The van der Waals surface area contributed by atoms with Gasteiger partial charge in [0.15, 0.2) is 6.61 Å². The molecule has 27 heavy (non-hydrogen) atoms. The maximum absolute atomic E-state index is 12.7. The summed E-state index contributed by atoms with van der Waals surface area (Å²) < 4.78 is 10.8. The average molecular weight is 366 g/mol. The fourth-order valence-electron chi connectivity index (χ4n) is 3.09. The van der Waals surface area contributed by atoms with Gasteiger partial charge in [0, 0.05) is 16.8 Å². The smallest absolute Gasteiger partial charge is 0.340 e. The molecule has 0 bridgehead atoms. The summed E-state index contributed by atoms with van der Waals surface area (Å²) >= 11 is 0. The Morgan fingerprint density at radius 3 is 2.63 bits per heavy atom. The molecule has 0 radical (unpaired) electrons. The molecule has 0 saturated heterocycles. The number of carbonyl (C=O) groups is 2. The van der Waals surface area contributed by atoms with Gasteiger partial charge in [-0.3, -0.25) is 4.79 Å². The number of hydrogen-bond donors (Lipinski definition) is 1. The predicted molar refractivity (Wildman–Crippen MR) is 103 cm³/mol. The zero-order valence-corrected chi connectivity index (χ0v) is 15.9. The molecule has 0 aliphatic rings. The lowest BCUT2D eigenvalue weighted by atomic mass is 10.1. The summed E-state index contributed by atoms with van der Waals surface area (Å²) in [6, 6.07) is 9.50. The van der Waals surface area contributed by atoms with Crippen molar-refractivity contribution in [2.75, 3.05) is 13.2 Å². The molecule has 0 unspecified atom stereocenters. The van der Waals surface area contributed by atoms with E-state index in [2.05, 4.69) is 9.97 Å². The lowest BCUT2D eigenvalue weighted by Gasteiger charge is -2.09. The largest absolute Gasteiger partial charge is 0.483 e. The van der Waals surface area contributed by atoms with Crippen LogP contribution in [0.1, 0.15) is 44.7 Å². The molecule has 0 aliphatic heterocycles. The summed E-state index contributed by atoms with van der Waals surface area (Å²) in [5, 5.41) is 0.946. The Bertz CT molecular complexity index is 1020. The number of esters is 1. The number of carbonyl (C=O) groups excluding carboxylic acids is 2. The van der Waals surface area contributed by atoms with E-state index in [4.69, 9.17) is 9.47 Å². The van der Waals surface area contributed by atoms with Crippen LogP contribution in [0.3, 0.4) is 0 Å². The highest BCUT2D eigenvalue weighted by molar-refractivity contribution is 6.02. The highest BCUT2D eigenvalue weighted by Gasteiger charge is 2.23. The van der Waals surface area contributed by atoms with Crippen LogP contribution in [0.15, 0.2) is 30.3 Å². The molecule has 0 amide bonds. The molecular weight excluding hydrogens is 344 g/mol. The van der Waals surface area contributed by atoms with Crippen molar-refractivity contribution >= 4 is 22.7 Å². The number of rotatable bonds is 6. The van der Waals surface area contributed by atoms with Crippen molar-refractivity contribution in [1.82, 2.24) is 9.97 Å². The molecular formula is C21H22N2O4. The van der Waals surface area contributed by atoms with Gasteiger partial charge in [0.2, 0.25) is 5.78 Å². The number of nitrogens with zero attached hydrogens (tertiary/aromatic N) is 1. The molecule has 0 spiro atoms. The third kappa shape index (κ3) is 3.69. The summed E-state index contributed by atoms with van der Waals surface area (Å²) in [6.45, 7) is 7.25. The quantitative estimate of drug-likeness (QED) is 0.528. The first-order chi connectivity index (χ1) is 12.9. The Hall–Kier alpha value is -3.15. The minimum atomic E-state index is -0.433. The van der Waals surface area contributed by atoms with Crippen LogP contribution in [-0.4, -0.2) is 34.9 Å². The third-order valence-corrected chi connectivity index (χ3v) is 4.38. The third-order valence-electron chi connectivity index (χ3n) is 4.38. The normalized spacial score (nSPS) is 10.8. The van der Waals surface area contributed by atoms with E-state index in [0.29, 0.717) is 28.3 Å². The van der Waals surface area contributed by atoms with Gasteiger partial charge in [-0.05, 0) is 45.4 Å². The van der Waals surface area contributed by atoms with Gasteiger partial charge >= 0.3 is 5.97 Å². The standard InChI is InChI=1S/C21H22N2O4/c1-5-26-21(25)18-13(3)19(23-14(18)4)16(24)11-27-17-8-6-7-15-10-9-12(2)22-20(15)17/h6-10,23H,5,11H2,1-4H3. The van der Waals surface area contributed by atoms with Crippen LogP contribution in [0.5, 0.6) is 5.75 Å². The lowest BCUT2D eigenvalue weighted by Crippen LogP contribution is -2.14. The molecule has 3 rings (SSSR count). The van der Waals surface area contributed by atoms with Crippen LogP contribution in [0.4, 0.5) is 0 Å². The highest BCUT2D eigenvalue weighted by Crippen LogP contribution is 2.25. The highest BCUT2D eigenvalue weighted by atomic mass is 16.5. The van der Waals surface area contributed by atoms with Crippen molar-refractivity contribution in [3.05, 3.63) is 58.5 Å². The van der Waals surface area contributed by atoms with Gasteiger partial charge in [-0.25, -0.2) is 9.78 Å². The van der Waals surface area contributed by atoms with Gasteiger partial charge in [0.05, 0.1) is 17.9 Å². The van der Waals surface area contributed by atoms with E-state index in [-0.39, 0.29) is 19.0 Å². The number of fused-ring (bicyclic) bond motifs is 1. The van der Waals surface area contributed by atoms with Crippen molar-refractivity contribution < 1.29 is 19.1 Å². The van der Waals surface area contributed by atoms with E-state index >= 15 is 0 Å². The van der Waals surface area contributed by atoms with Crippen LogP contribution in [-0.2, 0) is 4.74 Å². The summed E-state index contributed by atoms with van der Waals surface area (Å²) in [7, 11) is 0. The van der Waals surface area contributed by atoms with Gasteiger partial charge in [-0.15, -0.1) is 0 Å². The maximum Gasteiger partial charge on any atom is 0.340 e. The first-order valence-corrected chi connectivity index (χ1v) is 8.81. The number of aryl methyl sites for hydroxylation is 2. The minimum Gasteiger partial charge on any atom is -0.483 e. The Morgan fingerprint density at radius 2 is 1.89 bits per heavy atom. The van der Waals surface area contributed by atoms with Crippen molar-refractivity contribution in [2.24, 2.45) is 0 Å². The topological polar surface area (TPSA) is 81.3 Å². The molecule has 0 saturated carbocycles. The van der Waals surface area contributed by atoms with Crippen LogP contribution < -0.4 is 4.74 Å². The van der Waals surface area contributed by atoms with Crippen molar-refractivity contribution in [2.45, 2.75) is 27.7 Å². The second kappa shape index (κ2) is 7.61. The van der Waals surface area contributed by atoms with E-state index in [1.165, 1.54) is 0 Å². The molecule has 2 aromatic heterocycles. The van der Waals surface area contributed by atoms with E-state index in [9.17, 15) is 9.59 Å². The van der Waals surface area contributed by atoms with Gasteiger partial charge in [0.25, 0.3) is 0 Å². The van der Waals surface area contributed by atoms with E-state index in [0.717, 1.165) is 16.6 Å². The molecule has 3 aromatic rings. The summed E-state index contributed by atoms with van der Waals surface area (Å²) in [5.74, 6) is -0.121. The molecule has 0 atom stereocenters. The number of ketones is 1. The Morgan fingerprint density at radius 1 is 1.11 bits per heavy atom. The SMILES string of the molecule is CCOC(=O)c1c(C)[nH]c(C(=O)COc2cccc3ccc(C)nc23)c1C. The summed E-state index contributed by atoms with van der Waals surface area (Å²) in [6.07, 6.45) is 0. The minimum absolute atomic E-state index is 0.155. The average Bonchev–Trinajstić information content (AvgIpc) is 2.94. The van der Waals surface area contributed by atoms with E-state index in [1.807, 2.05) is 31.2 Å². The lowest BCUT2D eigenvalue weighted by molar-refractivity contribution is 0.0525. The fraction of sp³-hybridized carbons (Fsp3) is 0.286. The number of hydrogen-bond acceptors (Lipinski definition) is 5. The van der Waals surface area contributed by atoms with Gasteiger partial charge < -0.3 is 14.5 Å². The number of para-hydroxylation sites is 1. The Labute approximate surface area is 157 Å². The van der Waals surface area contributed by atoms with E-state index < -0.39 is 5.97 Å². The van der Waals surface area contributed by atoms with E-state index in [1.54, 1.807) is 26.8 Å². The molecule has 6 heteroatoms. The van der Waals surface area contributed by atoms with Crippen LogP contribution in [0.25, 0.3) is 10.9 Å². The number of ether oxygens (including phenoxy) is 2. The number of pyridine rings is 1. The monoisotopic (exact) mass is 366 g/mol.